The minimum Gasteiger partial charge on any atom is -0.480 e. The summed E-state index contributed by atoms with van der Waals surface area (Å²) in [5.41, 5.74) is 2.56. The summed E-state index contributed by atoms with van der Waals surface area (Å²) in [6.45, 7) is 2.02. The number of benzene rings is 2. The van der Waals surface area contributed by atoms with E-state index in [1.165, 1.54) is 0 Å². The lowest BCUT2D eigenvalue weighted by molar-refractivity contribution is 0.190. The summed E-state index contributed by atoms with van der Waals surface area (Å²) in [4.78, 5) is 7.70. The molecule has 0 aliphatic carbocycles. The molecular weight excluding hydrogens is 386 g/mol. The molecule has 8 heteroatoms. The van der Waals surface area contributed by atoms with E-state index in [9.17, 15) is 10.4 Å². The highest BCUT2D eigenvalue weighted by Crippen LogP contribution is 2.15. The molecule has 0 bridgehead atoms. The van der Waals surface area contributed by atoms with Crippen molar-refractivity contribution < 1.29 is 9.84 Å². The number of hydrogen-bond donors (Lipinski definition) is 3. The predicted molar refractivity (Wildman–Crippen MR) is 111 cm³/mol. The van der Waals surface area contributed by atoms with Gasteiger partial charge < -0.3 is 14.8 Å². The minimum atomic E-state index is -0.333. The van der Waals surface area contributed by atoms with Gasteiger partial charge >= 0.3 is 0 Å². The Kier molecular flexibility index (Phi) is 4.89. The van der Waals surface area contributed by atoms with E-state index in [4.69, 9.17) is 10.1 Å². The first kappa shape index (κ1) is 18.5. The van der Waals surface area contributed by atoms with Gasteiger partial charge in [0.05, 0.1) is 17.6 Å². The number of thiazole rings is 1. The van der Waals surface area contributed by atoms with Crippen molar-refractivity contribution in [2.24, 2.45) is 0 Å². The van der Waals surface area contributed by atoms with Crippen molar-refractivity contribution in [2.75, 3.05) is 6.61 Å². The number of fused-ring (bicyclic) bond motifs is 1. The molecule has 0 unspecified atom stereocenters. The monoisotopic (exact) mass is 403 g/mol. The Labute approximate surface area is 169 Å². The average molecular weight is 403 g/mol. The van der Waals surface area contributed by atoms with E-state index < -0.39 is 0 Å². The fourth-order valence-corrected chi connectivity index (χ4v) is 4.06. The lowest BCUT2D eigenvalue weighted by Crippen LogP contribution is -2.32. The molecule has 0 saturated heterocycles. The van der Waals surface area contributed by atoms with Gasteiger partial charge in [0.15, 0.2) is 15.8 Å². The van der Waals surface area contributed by atoms with Gasteiger partial charge in [-0.3, -0.25) is 9.98 Å². The van der Waals surface area contributed by atoms with Crippen molar-refractivity contribution in [3.8, 4) is 11.8 Å². The Morgan fingerprint density at radius 3 is 2.66 bits per heavy atom. The second-order valence-electron chi connectivity index (χ2n) is 6.08. The van der Waals surface area contributed by atoms with Crippen LogP contribution in [0.15, 0.2) is 54.6 Å². The smallest absolute Gasteiger partial charge is 0.298 e. The quantitative estimate of drug-likeness (QED) is 0.485. The highest BCUT2D eigenvalue weighted by Gasteiger charge is 2.16. The topological polar surface area (TPSA) is 111 Å². The third-order valence-corrected chi connectivity index (χ3v) is 5.43. The SMILES string of the molecule is CCO/C(O)=c1\s/c(=C(/C#N)c2nc3ccccc3[nH]2)n(-c2ccccc2)c1=N. The summed E-state index contributed by atoms with van der Waals surface area (Å²) in [6.07, 6.45) is 0. The highest BCUT2D eigenvalue weighted by molar-refractivity contribution is 7.07. The molecule has 0 spiro atoms. The molecule has 2 aromatic heterocycles. The Bertz CT molecular complexity index is 1370. The van der Waals surface area contributed by atoms with E-state index >= 15 is 0 Å². The zero-order chi connectivity index (χ0) is 20.4. The minimum absolute atomic E-state index is 0.0333. The van der Waals surface area contributed by atoms with Gasteiger partial charge in [0.1, 0.15) is 16.3 Å². The van der Waals surface area contributed by atoms with Crippen LogP contribution >= 0.6 is 11.3 Å². The highest BCUT2D eigenvalue weighted by atomic mass is 32.1. The van der Waals surface area contributed by atoms with Crippen molar-refractivity contribution in [3.63, 3.8) is 0 Å². The first-order valence-electron chi connectivity index (χ1n) is 8.91. The van der Waals surface area contributed by atoms with Crippen LogP contribution in [-0.2, 0) is 4.74 Å². The number of ether oxygens (including phenoxy) is 1. The largest absolute Gasteiger partial charge is 0.480 e. The number of nitrogens with zero attached hydrogens (tertiary/aromatic N) is 3. The number of imidazole rings is 1. The normalized spacial score (nSPS) is 13.1. The standard InChI is InChI=1S/C21H17N5O2S/c1-2-28-21(27)17-18(23)26(13-8-4-3-5-9-13)20(29-17)14(12-22)19-24-15-10-6-7-11-16(15)25-19/h3-11,23,27H,2H2,1H3,(H,24,25)/b20-14-,21-17-,23-18?. The third-order valence-electron chi connectivity index (χ3n) is 4.28. The molecule has 4 rings (SSSR count). The van der Waals surface area contributed by atoms with Gasteiger partial charge in [0.25, 0.3) is 5.95 Å². The molecule has 0 saturated carbocycles. The Morgan fingerprint density at radius 2 is 1.97 bits per heavy atom. The molecular formula is C21H17N5O2S. The molecule has 29 heavy (non-hydrogen) atoms. The number of aliphatic hydroxyl groups excluding tert-OH is 1. The predicted octanol–water partition coefficient (Wildman–Crippen LogP) is 2.28. The summed E-state index contributed by atoms with van der Waals surface area (Å²) < 4.78 is 7.55. The van der Waals surface area contributed by atoms with Gasteiger partial charge in [0.2, 0.25) is 0 Å². The summed E-state index contributed by atoms with van der Waals surface area (Å²) in [7, 11) is 0. The van der Waals surface area contributed by atoms with E-state index in [-0.39, 0.29) is 28.1 Å². The van der Waals surface area contributed by atoms with Crippen LogP contribution in [0.1, 0.15) is 12.7 Å². The maximum atomic E-state index is 10.3. The fraction of sp³-hybridized carbons (Fsp3) is 0.0952. The van der Waals surface area contributed by atoms with Crippen LogP contribution in [0, 0.1) is 16.7 Å². The van der Waals surface area contributed by atoms with Crippen molar-refractivity contribution in [1.29, 1.82) is 10.7 Å². The van der Waals surface area contributed by atoms with Gasteiger partial charge in [-0.1, -0.05) is 30.3 Å². The van der Waals surface area contributed by atoms with Crippen LogP contribution in [0.25, 0.3) is 28.2 Å². The van der Waals surface area contributed by atoms with Gasteiger partial charge in [-0.2, -0.15) is 5.26 Å². The van der Waals surface area contributed by atoms with Crippen LogP contribution < -0.4 is 14.7 Å². The van der Waals surface area contributed by atoms with Crippen LogP contribution in [0.3, 0.4) is 0 Å². The van der Waals surface area contributed by atoms with Crippen LogP contribution in [0.5, 0.6) is 0 Å². The number of aromatic nitrogens is 3. The Morgan fingerprint density at radius 1 is 1.24 bits per heavy atom. The molecule has 0 fully saturated rings. The van der Waals surface area contributed by atoms with Crippen molar-refractivity contribution in [3.05, 3.63) is 75.1 Å². The molecule has 7 nitrogen and oxygen atoms in total. The Balaban J connectivity index is 2.13. The molecule has 0 radical (unpaired) electrons. The number of nitrogens with one attached hydrogen (secondary N) is 2. The maximum absolute atomic E-state index is 10.3. The molecule has 0 aliphatic rings. The van der Waals surface area contributed by atoms with Crippen LogP contribution in [0.2, 0.25) is 0 Å². The van der Waals surface area contributed by atoms with E-state index in [2.05, 4.69) is 16.0 Å². The molecule has 4 aromatic rings. The van der Waals surface area contributed by atoms with E-state index in [1.54, 1.807) is 11.5 Å². The number of para-hydroxylation sites is 3. The Hall–Kier alpha value is -3.83. The van der Waals surface area contributed by atoms with Gasteiger partial charge in [-0.25, -0.2) is 4.98 Å². The zero-order valence-corrected chi connectivity index (χ0v) is 16.3. The van der Waals surface area contributed by atoms with Crippen molar-refractivity contribution >= 4 is 33.9 Å². The summed E-state index contributed by atoms with van der Waals surface area (Å²) >= 11 is 1.11. The lowest BCUT2D eigenvalue weighted by atomic mass is 10.3. The first-order valence-corrected chi connectivity index (χ1v) is 9.73. The number of nitriles is 1. The first-order chi connectivity index (χ1) is 14.1. The molecule has 144 valence electrons. The molecule has 2 heterocycles. The van der Waals surface area contributed by atoms with E-state index in [1.807, 2.05) is 54.6 Å². The summed E-state index contributed by atoms with van der Waals surface area (Å²) in [6, 6.07) is 19.0. The van der Waals surface area contributed by atoms with Crippen molar-refractivity contribution in [1.82, 2.24) is 14.5 Å². The van der Waals surface area contributed by atoms with Crippen LogP contribution in [0.4, 0.5) is 0 Å². The zero-order valence-electron chi connectivity index (χ0n) is 15.5. The number of aliphatic hydroxyl groups is 1. The summed E-state index contributed by atoms with van der Waals surface area (Å²) in [5, 5.41) is 28.8. The molecule has 3 N–H and O–H groups in total. The number of aromatic amines is 1. The molecule has 0 amide bonds. The molecule has 2 aromatic carbocycles. The van der Waals surface area contributed by atoms with E-state index in [0.717, 1.165) is 22.4 Å². The molecule has 0 aliphatic heterocycles. The number of H-pyrrole nitrogens is 1. The maximum Gasteiger partial charge on any atom is 0.298 e. The molecule has 0 atom stereocenters. The van der Waals surface area contributed by atoms with E-state index in [0.29, 0.717) is 16.2 Å². The second kappa shape index (κ2) is 7.66. The second-order valence-corrected chi connectivity index (χ2v) is 7.08. The van der Waals surface area contributed by atoms with Gasteiger partial charge in [0, 0.05) is 5.69 Å². The average Bonchev–Trinajstić information content (AvgIpc) is 3.31. The van der Waals surface area contributed by atoms with Gasteiger partial charge in [-0.15, -0.1) is 11.3 Å². The third kappa shape index (κ3) is 3.28. The number of rotatable bonds is 4. The van der Waals surface area contributed by atoms with Crippen molar-refractivity contribution in [2.45, 2.75) is 6.92 Å². The van der Waals surface area contributed by atoms with Crippen LogP contribution in [-0.4, -0.2) is 26.2 Å². The fourth-order valence-electron chi connectivity index (χ4n) is 3.00. The van der Waals surface area contributed by atoms with Gasteiger partial charge in [-0.05, 0) is 31.2 Å². The summed E-state index contributed by atoms with van der Waals surface area (Å²) in [5.74, 6) is 0.0717. The lowest BCUT2D eigenvalue weighted by Gasteiger charge is -2.03. The number of hydrogen-bond acceptors (Lipinski definition) is 6.